The van der Waals surface area contributed by atoms with Crippen LogP contribution in [0.2, 0.25) is 10.0 Å². The molecule has 1 amide bonds. The van der Waals surface area contributed by atoms with Crippen molar-refractivity contribution in [2.45, 2.75) is 52.3 Å². The highest BCUT2D eigenvalue weighted by atomic mass is 35.5. The van der Waals surface area contributed by atoms with Crippen molar-refractivity contribution in [2.75, 3.05) is 92.0 Å². The molecule has 0 radical (unpaired) electrons. The molecule has 1 aliphatic rings. The van der Waals surface area contributed by atoms with Crippen molar-refractivity contribution in [3.8, 4) is 5.75 Å². The molecule has 0 bridgehead atoms. The Kier molecular flexibility index (Phi) is 25.0. The number of nitrogens with zero attached hydrogens (tertiary/aromatic N) is 7. The second-order valence-corrected chi connectivity index (χ2v) is 20.6. The molecule has 19 nitrogen and oxygen atoms in total. The Labute approximate surface area is 498 Å². The van der Waals surface area contributed by atoms with Crippen LogP contribution in [0.3, 0.4) is 0 Å². The normalized spacial score (nSPS) is 13.9. The number of carbonyl (C=O) groups excluding carboxylic acids is 2. The molecule has 1 fully saturated rings. The molecule has 21 heteroatoms. The highest BCUT2D eigenvalue weighted by molar-refractivity contribution is 6.37. The molecule has 1 aliphatic heterocycles. The van der Waals surface area contributed by atoms with Gasteiger partial charge in [-0.05, 0) is 47.0 Å². The Morgan fingerprint density at radius 1 is 0.381 bits per heavy atom. The van der Waals surface area contributed by atoms with Crippen LogP contribution in [-0.4, -0.2) is 138 Å². The van der Waals surface area contributed by atoms with Crippen molar-refractivity contribution in [1.29, 1.82) is 0 Å². The SMILES string of the molecule is O=C(CCOCCOCCOCCC(=O)N1CCN(Cc2cccc(=O)n2OCc2ccccc2)CCN(Cc2cccc(=O)n2OCc2ccccc2)CCN(Cc2cccc(=O)n2OCc2ccccc2)CC1)Oc1c(Cl)cccc1Cl. The van der Waals surface area contributed by atoms with E-state index in [0.29, 0.717) is 89.1 Å². The van der Waals surface area contributed by atoms with Crippen molar-refractivity contribution in [3.05, 3.63) is 239 Å². The summed E-state index contributed by atoms with van der Waals surface area (Å²) in [5, 5.41) is 0.472. The van der Waals surface area contributed by atoms with Gasteiger partial charge in [-0.2, -0.15) is 0 Å². The molecular weight excluding hydrogens is 1120 g/mol. The second kappa shape index (κ2) is 33.6. The Hall–Kier alpha value is -7.59. The number of hydrogen-bond donors (Lipinski definition) is 0. The number of rotatable bonds is 28. The number of halogens is 2. The minimum Gasteiger partial charge on any atom is -0.423 e. The molecule has 0 spiro atoms. The summed E-state index contributed by atoms with van der Waals surface area (Å²) in [5.41, 5.74) is 3.75. The average Bonchev–Trinajstić information content (AvgIpc) is 3.58. The van der Waals surface area contributed by atoms with Gasteiger partial charge in [-0.3, -0.25) is 38.7 Å². The number of pyridine rings is 3. The third kappa shape index (κ3) is 20.1. The fourth-order valence-electron chi connectivity index (χ4n) is 9.19. The maximum Gasteiger partial charge on any atom is 0.313 e. The van der Waals surface area contributed by atoms with Crippen molar-refractivity contribution in [2.24, 2.45) is 0 Å². The summed E-state index contributed by atoms with van der Waals surface area (Å²) in [7, 11) is 0. The lowest BCUT2D eigenvalue weighted by atomic mass is 10.2. The highest BCUT2D eigenvalue weighted by Crippen LogP contribution is 2.32. The third-order valence-electron chi connectivity index (χ3n) is 13.7. The summed E-state index contributed by atoms with van der Waals surface area (Å²) in [6.07, 6.45) is 0.101. The van der Waals surface area contributed by atoms with Crippen LogP contribution in [0.1, 0.15) is 46.6 Å². The van der Waals surface area contributed by atoms with Crippen LogP contribution in [-0.2, 0) is 63.3 Å². The molecule has 1 saturated heterocycles. The van der Waals surface area contributed by atoms with E-state index in [2.05, 4.69) is 14.7 Å². The van der Waals surface area contributed by atoms with Gasteiger partial charge in [0.2, 0.25) is 5.91 Å². The van der Waals surface area contributed by atoms with E-state index in [1.165, 1.54) is 32.4 Å². The van der Waals surface area contributed by atoms with Crippen molar-refractivity contribution < 1.29 is 43.0 Å². The standard InChI is InChI=1S/C63H71Cl2N7O12/c64-56-23-13-24-57(65)63(56)84-62(77)29-39-79-41-43-80-42-40-78-38-28-58(73)69-36-34-67(45-54-21-11-26-60(75)71(54)82-48-51-16-6-2-7-17-51)32-30-66(44-53-20-10-25-59(74)70(53)81-47-50-14-4-1-5-15-50)31-33-68(35-37-69)46-55-22-12-27-61(76)72(55)83-49-52-18-8-3-9-19-52/h1-27H,28-49H2. The van der Waals surface area contributed by atoms with Gasteiger partial charge in [0.25, 0.3) is 16.7 Å². The van der Waals surface area contributed by atoms with Crippen LogP contribution in [0.5, 0.6) is 5.75 Å². The molecular formula is C63H71Cl2N7O12. The van der Waals surface area contributed by atoms with Crippen LogP contribution in [0, 0.1) is 0 Å². The highest BCUT2D eigenvalue weighted by Gasteiger charge is 2.23. The number of hydrogen-bond acceptors (Lipinski definition) is 15. The fourth-order valence-corrected chi connectivity index (χ4v) is 9.67. The summed E-state index contributed by atoms with van der Waals surface area (Å²) in [6, 6.07) is 49.0. The van der Waals surface area contributed by atoms with Crippen molar-refractivity contribution in [1.82, 2.24) is 33.8 Å². The second-order valence-electron chi connectivity index (χ2n) is 19.8. The summed E-state index contributed by atoms with van der Waals surface area (Å²) in [6.45, 7) is 6.36. The number of aromatic nitrogens is 3. The molecule has 8 rings (SSSR count). The summed E-state index contributed by atoms with van der Waals surface area (Å²) >= 11 is 12.2. The first-order valence-electron chi connectivity index (χ1n) is 28.0. The predicted octanol–water partition coefficient (Wildman–Crippen LogP) is 6.45. The van der Waals surface area contributed by atoms with Crippen LogP contribution < -0.4 is 35.9 Å². The van der Waals surface area contributed by atoms with E-state index in [1.807, 2.05) is 114 Å². The van der Waals surface area contributed by atoms with Crippen LogP contribution in [0.4, 0.5) is 0 Å². The number of esters is 1. The minimum absolute atomic E-state index is 0.00453. The topological polar surface area (TPSA) is 178 Å². The van der Waals surface area contributed by atoms with Gasteiger partial charge < -0.3 is 38.4 Å². The zero-order valence-electron chi connectivity index (χ0n) is 46.9. The van der Waals surface area contributed by atoms with Gasteiger partial charge in [0.1, 0.15) is 19.8 Å². The third-order valence-corrected chi connectivity index (χ3v) is 14.3. The number of ether oxygens (including phenoxy) is 4. The molecule has 4 heterocycles. The molecule has 3 aromatic heterocycles. The van der Waals surface area contributed by atoms with Gasteiger partial charge in [0.05, 0.1) is 79.6 Å². The summed E-state index contributed by atoms with van der Waals surface area (Å²) in [5.74, 6) is -0.531. The Morgan fingerprint density at radius 2 is 0.714 bits per heavy atom. The van der Waals surface area contributed by atoms with Crippen LogP contribution >= 0.6 is 23.2 Å². The lowest BCUT2D eigenvalue weighted by Gasteiger charge is -2.35. The molecule has 444 valence electrons. The average molecular weight is 1190 g/mol. The fraction of sp³-hybridized carbons (Fsp3) is 0.349. The van der Waals surface area contributed by atoms with E-state index in [-0.39, 0.29) is 111 Å². The molecule has 0 aliphatic carbocycles. The van der Waals surface area contributed by atoms with Crippen LogP contribution in [0.15, 0.2) is 178 Å². The minimum atomic E-state index is -0.531. The Balaban J connectivity index is 0.961. The van der Waals surface area contributed by atoms with E-state index in [4.69, 9.17) is 56.7 Å². The Morgan fingerprint density at radius 3 is 1.10 bits per heavy atom. The number of benzene rings is 4. The molecule has 84 heavy (non-hydrogen) atoms. The van der Waals surface area contributed by atoms with Gasteiger partial charge in [-0.25, -0.2) is 0 Å². The first kappa shape index (κ1) is 62.5. The molecule has 7 aromatic rings. The van der Waals surface area contributed by atoms with Crippen LogP contribution in [0.25, 0.3) is 0 Å². The predicted molar refractivity (Wildman–Crippen MR) is 318 cm³/mol. The van der Waals surface area contributed by atoms with Gasteiger partial charge in [-0.15, -0.1) is 14.2 Å². The first-order valence-corrected chi connectivity index (χ1v) is 28.8. The smallest absolute Gasteiger partial charge is 0.313 e. The van der Waals surface area contributed by atoms with E-state index in [0.717, 1.165) is 16.7 Å². The monoisotopic (exact) mass is 1190 g/mol. The first-order chi connectivity index (χ1) is 41.1. The van der Waals surface area contributed by atoms with Gasteiger partial charge >= 0.3 is 5.97 Å². The lowest BCUT2D eigenvalue weighted by Crippen LogP contribution is -2.48. The maximum atomic E-state index is 14.4. The zero-order valence-corrected chi connectivity index (χ0v) is 48.4. The summed E-state index contributed by atoms with van der Waals surface area (Å²) in [4.78, 5) is 94.3. The van der Waals surface area contributed by atoms with Crippen molar-refractivity contribution in [3.63, 3.8) is 0 Å². The molecule has 4 aromatic carbocycles. The van der Waals surface area contributed by atoms with Gasteiger partial charge in [0.15, 0.2) is 5.75 Å². The molecule has 0 atom stereocenters. The number of amides is 1. The number of para-hydroxylation sites is 1. The Bertz CT molecular complexity index is 3200. The molecule has 0 saturated carbocycles. The van der Waals surface area contributed by atoms with Gasteiger partial charge in [-0.1, -0.05) is 138 Å². The zero-order chi connectivity index (χ0) is 58.7. The van der Waals surface area contributed by atoms with Crippen molar-refractivity contribution >= 4 is 35.1 Å². The lowest BCUT2D eigenvalue weighted by molar-refractivity contribution is -0.135. The van der Waals surface area contributed by atoms with E-state index in [1.54, 1.807) is 36.4 Å². The quantitative estimate of drug-likeness (QED) is 0.0297. The summed E-state index contributed by atoms with van der Waals surface area (Å²) < 4.78 is 26.5. The molecule has 0 N–H and O–H groups in total. The number of carbonyl (C=O) groups is 2. The van der Waals surface area contributed by atoms with E-state index < -0.39 is 5.97 Å². The van der Waals surface area contributed by atoms with Gasteiger partial charge in [0, 0.05) is 90.2 Å². The molecule has 0 unspecified atom stereocenters. The van der Waals surface area contributed by atoms with E-state index in [9.17, 15) is 24.0 Å². The maximum absolute atomic E-state index is 14.4. The van der Waals surface area contributed by atoms with E-state index >= 15 is 0 Å². The largest absolute Gasteiger partial charge is 0.423 e.